The minimum Gasteiger partial charge on any atom is -0.383 e. The molecule has 0 atom stereocenters. The van der Waals surface area contributed by atoms with E-state index < -0.39 is 0 Å². The number of nitrogens with zero attached hydrogens (tertiary/aromatic N) is 2. The van der Waals surface area contributed by atoms with Crippen molar-refractivity contribution in [2.24, 2.45) is 0 Å². The first-order valence-electron chi connectivity index (χ1n) is 9.14. The number of hydrogen-bond donors (Lipinski definition) is 3. The molecule has 0 saturated heterocycles. The Balaban J connectivity index is 1.61. The van der Waals surface area contributed by atoms with Gasteiger partial charge in [-0.2, -0.15) is 0 Å². The first-order valence-corrected chi connectivity index (χ1v) is 9.14. The van der Waals surface area contributed by atoms with Gasteiger partial charge < -0.3 is 16.4 Å². The Bertz CT molecular complexity index is 1040. The molecule has 7 nitrogen and oxygen atoms in total. The van der Waals surface area contributed by atoms with Crippen molar-refractivity contribution in [3.63, 3.8) is 0 Å². The molecule has 4 N–H and O–H groups in total. The Hall–Kier alpha value is -3.61. The number of nitrogen functional groups attached to an aromatic ring is 1. The Morgan fingerprint density at radius 2 is 1.86 bits per heavy atom. The highest BCUT2D eigenvalue weighted by Crippen LogP contribution is 2.24. The largest absolute Gasteiger partial charge is 0.383 e. The molecule has 7 heteroatoms. The Morgan fingerprint density at radius 1 is 1.11 bits per heavy atom. The predicted octanol–water partition coefficient (Wildman–Crippen LogP) is 2.91. The first kappa shape index (κ1) is 17.8. The first-order chi connectivity index (χ1) is 13.5. The van der Waals surface area contributed by atoms with Gasteiger partial charge in [-0.3, -0.25) is 14.2 Å². The zero-order chi connectivity index (χ0) is 19.7. The van der Waals surface area contributed by atoms with E-state index in [0.717, 1.165) is 18.4 Å². The maximum atomic E-state index is 12.5. The lowest BCUT2D eigenvalue weighted by atomic mass is 10.1. The van der Waals surface area contributed by atoms with E-state index in [4.69, 9.17) is 5.73 Å². The number of rotatable bonds is 5. The van der Waals surface area contributed by atoms with Gasteiger partial charge in [-0.1, -0.05) is 24.3 Å². The number of aromatic nitrogens is 2. The van der Waals surface area contributed by atoms with Crippen molar-refractivity contribution in [1.29, 1.82) is 0 Å². The number of nitrogens with two attached hydrogens (primary N) is 1. The quantitative estimate of drug-likeness (QED) is 0.638. The number of amides is 2. The van der Waals surface area contributed by atoms with Gasteiger partial charge in [-0.25, -0.2) is 4.98 Å². The monoisotopic (exact) mass is 375 g/mol. The molecule has 1 aliphatic carbocycles. The number of anilines is 2. The molecule has 2 amide bonds. The van der Waals surface area contributed by atoms with E-state index >= 15 is 0 Å². The molecule has 1 aromatic heterocycles. The molecule has 0 spiro atoms. The van der Waals surface area contributed by atoms with E-state index in [1.165, 1.54) is 6.33 Å². The lowest BCUT2D eigenvalue weighted by Crippen LogP contribution is -2.25. The summed E-state index contributed by atoms with van der Waals surface area (Å²) in [6.07, 6.45) is 3.55. The molecule has 0 bridgehead atoms. The van der Waals surface area contributed by atoms with Crippen LogP contribution in [0.5, 0.6) is 0 Å². The minimum atomic E-state index is -0.386. The van der Waals surface area contributed by atoms with Gasteiger partial charge in [0.25, 0.3) is 11.8 Å². The van der Waals surface area contributed by atoms with E-state index in [9.17, 15) is 9.59 Å². The number of imidazole rings is 1. The molecule has 1 heterocycles. The van der Waals surface area contributed by atoms with Crippen LogP contribution in [0.15, 0.2) is 54.9 Å². The van der Waals surface area contributed by atoms with Gasteiger partial charge in [0.1, 0.15) is 12.1 Å². The number of carbonyl (C=O) groups excluding carboxylic acids is 2. The van der Waals surface area contributed by atoms with Crippen LogP contribution >= 0.6 is 0 Å². The van der Waals surface area contributed by atoms with Crippen molar-refractivity contribution in [2.75, 3.05) is 11.1 Å². The molecule has 1 fully saturated rings. The number of nitrogens with one attached hydrogen (secondary N) is 2. The molecule has 3 aromatic rings. The van der Waals surface area contributed by atoms with Crippen LogP contribution in [0.2, 0.25) is 0 Å². The zero-order valence-corrected chi connectivity index (χ0v) is 15.5. The van der Waals surface area contributed by atoms with Crippen LogP contribution in [0.25, 0.3) is 5.69 Å². The van der Waals surface area contributed by atoms with Crippen LogP contribution in [0.3, 0.4) is 0 Å². The lowest BCUT2D eigenvalue weighted by Gasteiger charge is -2.12. The van der Waals surface area contributed by atoms with E-state index in [2.05, 4.69) is 15.6 Å². The molecule has 28 heavy (non-hydrogen) atoms. The zero-order valence-electron chi connectivity index (χ0n) is 15.5. The molecule has 0 aliphatic heterocycles. The number of carbonyl (C=O) groups is 2. The van der Waals surface area contributed by atoms with E-state index in [1.807, 2.05) is 31.2 Å². The van der Waals surface area contributed by atoms with E-state index in [1.54, 1.807) is 28.8 Å². The molecule has 2 aromatic carbocycles. The van der Waals surface area contributed by atoms with Crippen molar-refractivity contribution < 1.29 is 9.59 Å². The second-order valence-electron chi connectivity index (χ2n) is 6.92. The number of para-hydroxylation sites is 1. The molecule has 1 aliphatic rings. The standard InChI is InChI=1S/C21H21N5O2/c1-13-7-8-14(20(27)24-16-9-10-16)11-17(13)26-12-23-18(19(26)22)21(28)25-15-5-3-2-4-6-15/h2-8,11-12,16H,9-10,22H2,1H3,(H,24,27)(H,25,28). The molecule has 142 valence electrons. The maximum Gasteiger partial charge on any atom is 0.278 e. The van der Waals surface area contributed by atoms with E-state index in [-0.39, 0.29) is 29.4 Å². The highest BCUT2D eigenvalue weighted by Gasteiger charge is 2.24. The third-order valence-electron chi connectivity index (χ3n) is 4.69. The van der Waals surface area contributed by atoms with Crippen molar-refractivity contribution in [1.82, 2.24) is 14.9 Å². The normalized spacial score (nSPS) is 13.2. The molecular weight excluding hydrogens is 354 g/mol. The number of hydrogen-bond acceptors (Lipinski definition) is 4. The smallest absolute Gasteiger partial charge is 0.278 e. The topological polar surface area (TPSA) is 102 Å². The average molecular weight is 375 g/mol. The molecule has 0 unspecified atom stereocenters. The molecular formula is C21H21N5O2. The Kier molecular flexibility index (Phi) is 4.57. The fourth-order valence-electron chi connectivity index (χ4n) is 2.94. The van der Waals surface area contributed by atoms with Gasteiger partial charge in [-0.05, 0) is 49.6 Å². The lowest BCUT2D eigenvalue weighted by molar-refractivity contribution is 0.0950. The van der Waals surface area contributed by atoms with Crippen molar-refractivity contribution in [3.05, 3.63) is 71.7 Å². The summed E-state index contributed by atoms with van der Waals surface area (Å²) in [5.41, 5.74) is 9.20. The molecule has 1 saturated carbocycles. The summed E-state index contributed by atoms with van der Waals surface area (Å²) in [7, 11) is 0. The van der Waals surface area contributed by atoms with Gasteiger partial charge in [-0.15, -0.1) is 0 Å². The highest BCUT2D eigenvalue weighted by molar-refractivity contribution is 6.06. The second kappa shape index (κ2) is 7.19. The Morgan fingerprint density at radius 3 is 2.57 bits per heavy atom. The average Bonchev–Trinajstić information content (AvgIpc) is 3.42. The number of benzene rings is 2. The van der Waals surface area contributed by atoms with Crippen molar-refractivity contribution >= 4 is 23.3 Å². The third kappa shape index (κ3) is 3.59. The summed E-state index contributed by atoms with van der Waals surface area (Å²) >= 11 is 0. The summed E-state index contributed by atoms with van der Waals surface area (Å²) in [4.78, 5) is 29.1. The van der Waals surface area contributed by atoms with Crippen LogP contribution in [-0.4, -0.2) is 27.4 Å². The second-order valence-corrected chi connectivity index (χ2v) is 6.92. The van der Waals surface area contributed by atoms with Crippen LogP contribution in [0.1, 0.15) is 39.3 Å². The van der Waals surface area contributed by atoms with Gasteiger partial charge in [0, 0.05) is 17.3 Å². The molecule has 4 rings (SSSR count). The van der Waals surface area contributed by atoms with Crippen LogP contribution in [0, 0.1) is 6.92 Å². The summed E-state index contributed by atoms with van der Waals surface area (Å²) in [6, 6.07) is 14.8. The SMILES string of the molecule is Cc1ccc(C(=O)NC2CC2)cc1-n1cnc(C(=O)Nc2ccccc2)c1N. The van der Waals surface area contributed by atoms with Gasteiger partial charge in [0.05, 0.1) is 5.69 Å². The molecule has 0 radical (unpaired) electrons. The highest BCUT2D eigenvalue weighted by atomic mass is 16.2. The van der Waals surface area contributed by atoms with Gasteiger partial charge >= 0.3 is 0 Å². The summed E-state index contributed by atoms with van der Waals surface area (Å²) in [5, 5.41) is 5.75. The summed E-state index contributed by atoms with van der Waals surface area (Å²) in [6.45, 7) is 1.92. The van der Waals surface area contributed by atoms with E-state index in [0.29, 0.717) is 16.9 Å². The maximum absolute atomic E-state index is 12.5. The van der Waals surface area contributed by atoms with Crippen LogP contribution < -0.4 is 16.4 Å². The fraction of sp³-hybridized carbons (Fsp3) is 0.190. The van der Waals surface area contributed by atoms with Crippen molar-refractivity contribution in [2.45, 2.75) is 25.8 Å². The van der Waals surface area contributed by atoms with Crippen LogP contribution in [-0.2, 0) is 0 Å². The fourth-order valence-corrected chi connectivity index (χ4v) is 2.94. The van der Waals surface area contributed by atoms with Crippen molar-refractivity contribution in [3.8, 4) is 5.69 Å². The Labute approximate surface area is 162 Å². The van der Waals surface area contributed by atoms with Gasteiger partial charge in [0.2, 0.25) is 0 Å². The summed E-state index contributed by atoms with van der Waals surface area (Å²) < 4.78 is 1.63. The van der Waals surface area contributed by atoms with Gasteiger partial charge in [0.15, 0.2) is 5.69 Å². The van der Waals surface area contributed by atoms with Crippen LogP contribution in [0.4, 0.5) is 11.5 Å². The third-order valence-corrected chi connectivity index (χ3v) is 4.69. The number of aryl methyl sites for hydroxylation is 1. The summed E-state index contributed by atoms with van der Waals surface area (Å²) in [5.74, 6) is -0.275. The minimum absolute atomic E-state index is 0.107. The predicted molar refractivity (Wildman–Crippen MR) is 108 cm³/mol.